The van der Waals surface area contributed by atoms with Gasteiger partial charge >= 0.3 is 0 Å². The van der Waals surface area contributed by atoms with E-state index in [0.29, 0.717) is 10.7 Å². The molecule has 0 fully saturated rings. The van der Waals surface area contributed by atoms with Crippen molar-refractivity contribution in [2.75, 3.05) is 5.32 Å². The van der Waals surface area contributed by atoms with Gasteiger partial charge in [-0.25, -0.2) is 8.42 Å². The van der Waals surface area contributed by atoms with E-state index in [0.717, 1.165) is 16.7 Å². The van der Waals surface area contributed by atoms with Gasteiger partial charge in [0.05, 0.1) is 5.69 Å². The smallest absolute Gasteiger partial charge is 0.247 e. The van der Waals surface area contributed by atoms with E-state index < -0.39 is 16.2 Å². The molecule has 0 unspecified atom stereocenters. The number of benzene rings is 3. The highest BCUT2D eigenvalue weighted by molar-refractivity contribution is 7.89. The van der Waals surface area contributed by atoms with Crippen molar-refractivity contribution < 1.29 is 8.42 Å². The van der Waals surface area contributed by atoms with Gasteiger partial charge in [-0.15, -0.1) is 0 Å². The molecule has 1 heterocycles. The summed E-state index contributed by atoms with van der Waals surface area (Å²) in [5, 5.41) is 3.89. The predicted molar refractivity (Wildman–Crippen MR) is 108 cm³/mol. The molecule has 1 aliphatic heterocycles. The summed E-state index contributed by atoms with van der Waals surface area (Å²) in [7, 11) is -3.70. The third-order valence-corrected chi connectivity index (χ3v) is 7.05. The van der Waals surface area contributed by atoms with Gasteiger partial charge in [-0.05, 0) is 36.2 Å². The normalized spacial score (nSPS) is 18.5. The average molecular weight is 399 g/mol. The lowest BCUT2D eigenvalue weighted by Gasteiger charge is -2.38. The molecule has 27 heavy (non-hydrogen) atoms. The van der Waals surface area contributed by atoms with Crippen LogP contribution in [0, 0.1) is 6.92 Å². The maximum atomic E-state index is 13.5. The summed E-state index contributed by atoms with van der Waals surface area (Å²) >= 11 is 6.42. The summed E-state index contributed by atoms with van der Waals surface area (Å²) in [5.41, 5.74) is 3.32. The molecule has 0 bridgehead atoms. The lowest BCUT2D eigenvalue weighted by Crippen LogP contribution is -2.42. The number of sulfonamides is 1. The molecule has 0 aliphatic carbocycles. The zero-order valence-electron chi connectivity index (χ0n) is 14.8. The fraction of sp³-hybridized carbons (Fsp3) is 0.143. The molecule has 0 radical (unpaired) electrons. The SMILES string of the molecule is Cc1ccccc1CN1[C@@H](c2ccccc2Cl)Nc2ccccc2S1(=O)=O. The minimum Gasteiger partial charge on any atom is -0.364 e. The zero-order valence-corrected chi connectivity index (χ0v) is 16.3. The van der Waals surface area contributed by atoms with Crippen LogP contribution in [0.3, 0.4) is 0 Å². The highest BCUT2D eigenvalue weighted by Crippen LogP contribution is 2.40. The number of hydrogen-bond donors (Lipinski definition) is 1. The van der Waals surface area contributed by atoms with Gasteiger partial charge in [0.25, 0.3) is 0 Å². The Morgan fingerprint density at radius 3 is 2.41 bits per heavy atom. The first kappa shape index (κ1) is 18.0. The fourth-order valence-electron chi connectivity index (χ4n) is 3.36. The second kappa shape index (κ2) is 7.00. The molecule has 4 rings (SSSR count). The van der Waals surface area contributed by atoms with Crippen LogP contribution in [0.1, 0.15) is 22.9 Å². The van der Waals surface area contributed by atoms with Crippen molar-refractivity contribution in [2.24, 2.45) is 0 Å². The van der Waals surface area contributed by atoms with Gasteiger partial charge in [-0.1, -0.05) is 66.2 Å². The van der Waals surface area contributed by atoms with Crippen molar-refractivity contribution in [3.63, 3.8) is 0 Å². The Hall–Kier alpha value is -2.34. The number of fused-ring (bicyclic) bond motifs is 1. The Morgan fingerprint density at radius 1 is 0.963 bits per heavy atom. The summed E-state index contributed by atoms with van der Waals surface area (Å²) in [5.74, 6) is 0. The van der Waals surface area contributed by atoms with E-state index in [9.17, 15) is 8.42 Å². The largest absolute Gasteiger partial charge is 0.364 e. The van der Waals surface area contributed by atoms with Gasteiger partial charge < -0.3 is 5.32 Å². The van der Waals surface area contributed by atoms with Gasteiger partial charge in [0.15, 0.2) is 0 Å². The molecule has 1 N–H and O–H groups in total. The Bertz CT molecular complexity index is 1100. The van der Waals surface area contributed by atoms with Crippen molar-refractivity contribution in [3.05, 3.63) is 94.5 Å². The van der Waals surface area contributed by atoms with Crippen LogP contribution in [0.5, 0.6) is 0 Å². The summed E-state index contributed by atoms with van der Waals surface area (Å²) < 4.78 is 28.4. The van der Waals surface area contributed by atoms with Gasteiger partial charge in [0.2, 0.25) is 10.0 Å². The monoisotopic (exact) mass is 398 g/mol. The van der Waals surface area contributed by atoms with Crippen LogP contribution >= 0.6 is 11.6 Å². The summed E-state index contributed by atoms with van der Waals surface area (Å²) in [6, 6.07) is 22.1. The van der Waals surface area contributed by atoms with Gasteiger partial charge in [-0.2, -0.15) is 4.31 Å². The summed E-state index contributed by atoms with van der Waals surface area (Å²) in [6.07, 6.45) is -0.585. The minimum absolute atomic E-state index is 0.256. The standard InChI is InChI=1S/C21H19ClN2O2S/c1-15-8-2-3-9-16(15)14-24-21(17-10-4-5-11-18(17)22)23-19-12-6-7-13-20(19)27(24,25)26/h2-13,21,23H,14H2,1H3/t21-/m0/s1. The number of anilines is 1. The van der Waals surface area contributed by atoms with Crippen LogP contribution in [0.15, 0.2) is 77.7 Å². The Morgan fingerprint density at radius 2 is 1.63 bits per heavy atom. The molecule has 4 nitrogen and oxygen atoms in total. The average Bonchev–Trinajstić information content (AvgIpc) is 2.66. The first-order chi connectivity index (χ1) is 13.0. The number of hydrogen-bond acceptors (Lipinski definition) is 3. The van der Waals surface area contributed by atoms with Crippen LogP contribution in [0.4, 0.5) is 5.69 Å². The molecule has 0 spiro atoms. The second-order valence-corrected chi connectivity index (χ2v) is 8.81. The van der Waals surface area contributed by atoms with Crippen molar-refractivity contribution in [1.29, 1.82) is 0 Å². The number of aryl methyl sites for hydroxylation is 1. The minimum atomic E-state index is -3.70. The number of nitrogens with one attached hydrogen (secondary N) is 1. The van der Waals surface area contributed by atoms with Gasteiger partial charge in [0.1, 0.15) is 11.1 Å². The fourth-order valence-corrected chi connectivity index (χ4v) is 5.26. The van der Waals surface area contributed by atoms with E-state index in [4.69, 9.17) is 11.6 Å². The van der Waals surface area contributed by atoms with Crippen LogP contribution in [-0.4, -0.2) is 12.7 Å². The maximum Gasteiger partial charge on any atom is 0.247 e. The molecule has 138 valence electrons. The van der Waals surface area contributed by atoms with E-state index in [2.05, 4.69) is 5.32 Å². The zero-order chi connectivity index (χ0) is 19.0. The molecule has 0 amide bonds. The quantitative estimate of drug-likeness (QED) is 0.678. The summed E-state index contributed by atoms with van der Waals surface area (Å²) in [4.78, 5) is 0.280. The molecule has 0 saturated carbocycles. The Kier molecular flexibility index (Phi) is 4.68. The van der Waals surface area contributed by atoms with Crippen LogP contribution in [0.25, 0.3) is 0 Å². The number of halogens is 1. The molecule has 1 atom stereocenters. The molecule has 0 saturated heterocycles. The van der Waals surface area contributed by atoms with E-state index in [-0.39, 0.29) is 11.4 Å². The van der Waals surface area contributed by atoms with Crippen LogP contribution in [0.2, 0.25) is 5.02 Å². The van der Waals surface area contributed by atoms with E-state index in [1.807, 2.05) is 55.5 Å². The molecular formula is C21H19ClN2O2S. The third kappa shape index (κ3) is 3.23. The lowest BCUT2D eigenvalue weighted by atomic mass is 10.1. The lowest BCUT2D eigenvalue weighted by molar-refractivity contribution is 0.336. The van der Waals surface area contributed by atoms with E-state index in [1.165, 1.54) is 4.31 Å². The van der Waals surface area contributed by atoms with Crippen molar-refractivity contribution in [3.8, 4) is 0 Å². The van der Waals surface area contributed by atoms with Crippen molar-refractivity contribution in [1.82, 2.24) is 4.31 Å². The first-order valence-electron chi connectivity index (χ1n) is 8.65. The molecular weight excluding hydrogens is 380 g/mol. The van der Waals surface area contributed by atoms with Gasteiger partial charge in [0, 0.05) is 17.1 Å². The molecule has 1 aliphatic rings. The Labute approximate surface area is 164 Å². The van der Waals surface area contributed by atoms with E-state index >= 15 is 0 Å². The highest BCUT2D eigenvalue weighted by atomic mass is 35.5. The second-order valence-electron chi connectivity index (χ2n) is 6.54. The molecule has 3 aromatic carbocycles. The van der Waals surface area contributed by atoms with Crippen LogP contribution < -0.4 is 5.32 Å². The number of nitrogens with zero attached hydrogens (tertiary/aromatic N) is 1. The van der Waals surface area contributed by atoms with E-state index in [1.54, 1.807) is 24.3 Å². The topological polar surface area (TPSA) is 49.4 Å². The summed E-state index contributed by atoms with van der Waals surface area (Å²) in [6.45, 7) is 2.24. The highest BCUT2D eigenvalue weighted by Gasteiger charge is 2.39. The molecule has 0 aromatic heterocycles. The predicted octanol–water partition coefficient (Wildman–Crippen LogP) is 4.96. The van der Waals surface area contributed by atoms with Crippen LogP contribution in [-0.2, 0) is 16.6 Å². The molecule has 6 heteroatoms. The number of rotatable bonds is 3. The van der Waals surface area contributed by atoms with Gasteiger partial charge in [-0.3, -0.25) is 0 Å². The molecule has 3 aromatic rings. The van der Waals surface area contributed by atoms with Crippen molar-refractivity contribution >= 4 is 27.3 Å². The third-order valence-electron chi connectivity index (χ3n) is 4.84. The number of para-hydroxylation sites is 1. The first-order valence-corrected chi connectivity index (χ1v) is 10.5. The maximum absolute atomic E-state index is 13.5. The van der Waals surface area contributed by atoms with Crippen molar-refractivity contribution in [2.45, 2.75) is 24.5 Å². The Balaban J connectivity index is 1.88.